The molecule has 106 valence electrons. The molecular formula is C17H15NO3. The zero-order valence-electron chi connectivity index (χ0n) is 11.4. The maximum atomic E-state index is 12.0. The van der Waals surface area contributed by atoms with Crippen LogP contribution in [0.15, 0.2) is 54.6 Å². The topological polar surface area (TPSA) is 57.6 Å². The fourth-order valence-corrected chi connectivity index (χ4v) is 2.61. The summed E-state index contributed by atoms with van der Waals surface area (Å²) in [7, 11) is 0. The molecule has 1 N–H and O–H groups in total. The number of carboxylic acid groups (broad SMARTS) is 1. The van der Waals surface area contributed by atoms with Crippen molar-refractivity contribution in [3.63, 3.8) is 0 Å². The molecule has 1 aliphatic rings. The minimum atomic E-state index is -0.912. The molecule has 1 saturated heterocycles. The van der Waals surface area contributed by atoms with Crippen LogP contribution in [0.2, 0.25) is 0 Å². The van der Waals surface area contributed by atoms with Gasteiger partial charge in [-0.25, -0.2) is 0 Å². The summed E-state index contributed by atoms with van der Waals surface area (Å²) < 4.78 is 0. The number of nitrogens with zero attached hydrogens (tertiary/aromatic N) is 1. The van der Waals surface area contributed by atoms with E-state index < -0.39 is 11.9 Å². The Morgan fingerprint density at radius 3 is 2.43 bits per heavy atom. The predicted octanol–water partition coefficient (Wildman–Crippen LogP) is 2.79. The van der Waals surface area contributed by atoms with E-state index in [1.54, 1.807) is 4.90 Å². The Morgan fingerprint density at radius 1 is 1.05 bits per heavy atom. The maximum Gasteiger partial charge on any atom is 0.308 e. The van der Waals surface area contributed by atoms with Gasteiger partial charge in [-0.2, -0.15) is 0 Å². The van der Waals surface area contributed by atoms with Crippen LogP contribution in [0.3, 0.4) is 0 Å². The van der Waals surface area contributed by atoms with E-state index in [1.807, 2.05) is 54.6 Å². The molecule has 4 heteroatoms. The summed E-state index contributed by atoms with van der Waals surface area (Å²) in [6, 6.07) is 17.5. The molecule has 21 heavy (non-hydrogen) atoms. The third kappa shape index (κ3) is 2.65. The van der Waals surface area contributed by atoms with E-state index in [1.165, 1.54) is 0 Å². The molecular weight excluding hydrogens is 266 g/mol. The number of carbonyl (C=O) groups is 2. The number of hydrogen-bond acceptors (Lipinski definition) is 2. The molecule has 1 amide bonds. The van der Waals surface area contributed by atoms with Gasteiger partial charge in [0.15, 0.2) is 0 Å². The maximum absolute atomic E-state index is 12.0. The molecule has 0 bridgehead atoms. The Kier molecular flexibility index (Phi) is 3.44. The Morgan fingerprint density at radius 2 is 1.76 bits per heavy atom. The SMILES string of the molecule is O=C(O)C1CC(=O)N(c2cccc(-c3ccccc3)c2)C1. The van der Waals surface area contributed by atoms with Gasteiger partial charge in [0.2, 0.25) is 5.91 Å². The van der Waals surface area contributed by atoms with Crippen molar-refractivity contribution in [2.75, 3.05) is 11.4 Å². The van der Waals surface area contributed by atoms with Gasteiger partial charge in [0, 0.05) is 18.7 Å². The first-order valence-corrected chi connectivity index (χ1v) is 6.84. The van der Waals surface area contributed by atoms with Crippen molar-refractivity contribution in [3.05, 3.63) is 54.6 Å². The van der Waals surface area contributed by atoms with Gasteiger partial charge < -0.3 is 10.0 Å². The standard InChI is InChI=1S/C17H15NO3/c19-16-10-14(17(20)21)11-18(16)15-8-4-7-13(9-15)12-5-2-1-3-6-12/h1-9,14H,10-11H2,(H,20,21). The quantitative estimate of drug-likeness (QED) is 0.941. The minimum absolute atomic E-state index is 0.0743. The number of benzene rings is 2. The summed E-state index contributed by atoms with van der Waals surface area (Å²) in [6.45, 7) is 0.242. The van der Waals surface area contributed by atoms with E-state index in [4.69, 9.17) is 5.11 Å². The molecule has 3 rings (SSSR count). The van der Waals surface area contributed by atoms with E-state index >= 15 is 0 Å². The number of aliphatic carboxylic acids is 1. The summed E-state index contributed by atoms with van der Waals surface area (Å²) in [4.78, 5) is 24.6. The lowest BCUT2D eigenvalue weighted by atomic mass is 10.1. The number of rotatable bonds is 3. The molecule has 0 spiro atoms. The Hall–Kier alpha value is -2.62. The highest BCUT2D eigenvalue weighted by atomic mass is 16.4. The van der Waals surface area contributed by atoms with Crippen molar-refractivity contribution < 1.29 is 14.7 Å². The second-order valence-corrected chi connectivity index (χ2v) is 5.16. The lowest BCUT2D eigenvalue weighted by molar-refractivity contribution is -0.141. The molecule has 2 aromatic rings. The van der Waals surface area contributed by atoms with Crippen LogP contribution in [0.1, 0.15) is 6.42 Å². The Bertz CT molecular complexity index is 681. The van der Waals surface area contributed by atoms with E-state index in [2.05, 4.69) is 0 Å². The highest BCUT2D eigenvalue weighted by Crippen LogP contribution is 2.29. The Labute approximate surface area is 122 Å². The molecule has 0 saturated carbocycles. The number of carboxylic acids is 1. The van der Waals surface area contributed by atoms with Gasteiger partial charge in [0.05, 0.1) is 5.92 Å². The van der Waals surface area contributed by atoms with Crippen LogP contribution >= 0.6 is 0 Å². The van der Waals surface area contributed by atoms with Crippen molar-refractivity contribution in [1.82, 2.24) is 0 Å². The number of carbonyl (C=O) groups excluding carboxylic acids is 1. The first-order valence-electron chi connectivity index (χ1n) is 6.84. The number of hydrogen-bond donors (Lipinski definition) is 1. The van der Waals surface area contributed by atoms with Crippen LogP contribution in [-0.4, -0.2) is 23.5 Å². The molecule has 0 radical (unpaired) electrons. The molecule has 0 aliphatic carbocycles. The third-order valence-electron chi connectivity index (χ3n) is 3.74. The molecule has 1 aliphatic heterocycles. The summed E-state index contributed by atoms with van der Waals surface area (Å²) in [5, 5.41) is 9.05. The zero-order chi connectivity index (χ0) is 14.8. The van der Waals surface area contributed by atoms with Gasteiger partial charge in [-0.15, -0.1) is 0 Å². The van der Waals surface area contributed by atoms with E-state index in [0.717, 1.165) is 16.8 Å². The van der Waals surface area contributed by atoms with E-state index in [9.17, 15) is 9.59 Å². The van der Waals surface area contributed by atoms with Gasteiger partial charge in [0.1, 0.15) is 0 Å². The van der Waals surface area contributed by atoms with Gasteiger partial charge in [-0.3, -0.25) is 9.59 Å². The van der Waals surface area contributed by atoms with Crippen LogP contribution < -0.4 is 4.90 Å². The van der Waals surface area contributed by atoms with Crippen molar-refractivity contribution in [2.45, 2.75) is 6.42 Å². The summed E-state index contributed by atoms with van der Waals surface area (Å²) in [5.41, 5.74) is 2.84. The second-order valence-electron chi connectivity index (χ2n) is 5.16. The van der Waals surface area contributed by atoms with Crippen molar-refractivity contribution in [1.29, 1.82) is 0 Å². The summed E-state index contributed by atoms with van der Waals surface area (Å²) in [6.07, 6.45) is 0.0743. The molecule has 1 atom stereocenters. The second kappa shape index (κ2) is 5.40. The lowest BCUT2D eigenvalue weighted by Crippen LogP contribution is -2.25. The summed E-state index contributed by atoms with van der Waals surface area (Å²) >= 11 is 0. The van der Waals surface area contributed by atoms with Crippen LogP contribution in [0.25, 0.3) is 11.1 Å². The van der Waals surface area contributed by atoms with Crippen molar-refractivity contribution >= 4 is 17.6 Å². The highest BCUT2D eigenvalue weighted by molar-refractivity contribution is 5.99. The Balaban J connectivity index is 1.90. The van der Waals surface area contributed by atoms with Gasteiger partial charge in [-0.05, 0) is 23.3 Å². The zero-order valence-corrected chi connectivity index (χ0v) is 11.4. The van der Waals surface area contributed by atoms with Gasteiger partial charge >= 0.3 is 5.97 Å². The molecule has 4 nitrogen and oxygen atoms in total. The lowest BCUT2D eigenvalue weighted by Gasteiger charge is -2.17. The number of amides is 1. The first kappa shape index (κ1) is 13.4. The monoisotopic (exact) mass is 281 g/mol. The fourth-order valence-electron chi connectivity index (χ4n) is 2.61. The van der Waals surface area contributed by atoms with Gasteiger partial charge in [0.25, 0.3) is 0 Å². The smallest absolute Gasteiger partial charge is 0.308 e. The van der Waals surface area contributed by atoms with E-state index in [0.29, 0.717) is 0 Å². The summed E-state index contributed by atoms with van der Waals surface area (Å²) in [5.74, 6) is -1.66. The highest BCUT2D eigenvalue weighted by Gasteiger charge is 2.35. The molecule has 2 aromatic carbocycles. The van der Waals surface area contributed by atoms with E-state index in [-0.39, 0.29) is 18.9 Å². The normalized spacial score (nSPS) is 18.0. The molecule has 1 fully saturated rings. The minimum Gasteiger partial charge on any atom is -0.481 e. The largest absolute Gasteiger partial charge is 0.481 e. The average molecular weight is 281 g/mol. The predicted molar refractivity (Wildman–Crippen MR) is 80.0 cm³/mol. The van der Waals surface area contributed by atoms with Crippen LogP contribution in [0.5, 0.6) is 0 Å². The third-order valence-corrected chi connectivity index (χ3v) is 3.74. The number of anilines is 1. The fraction of sp³-hybridized carbons (Fsp3) is 0.176. The molecule has 1 unspecified atom stereocenters. The van der Waals surface area contributed by atoms with Gasteiger partial charge in [-0.1, -0.05) is 42.5 Å². The molecule has 0 aromatic heterocycles. The van der Waals surface area contributed by atoms with Crippen molar-refractivity contribution in [3.8, 4) is 11.1 Å². The first-order chi connectivity index (χ1) is 10.1. The van der Waals surface area contributed by atoms with Crippen LogP contribution in [0.4, 0.5) is 5.69 Å². The molecule has 1 heterocycles. The van der Waals surface area contributed by atoms with Crippen LogP contribution in [-0.2, 0) is 9.59 Å². The average Bonchev–Trinajstić information content (AvgIpc) is 2.91. The van der Waals surface area contributed by atoms with Crippen LogP contribution in [0, 0.1) is 5.92 Å². The van der Waals surface area contributed by atoms with Crippen molar-refractivity contribution in [2.24, 2.45) is 5.92 Å².